The van der Waals surface area contributed by atoms with E-state index in [-0.39, 0.29) is 6.61 Å². The Morgan fingerprint density at radius 2 is 0.930 bits per heavy atom. The molecule has 0 atom stereocenters. The van der Waals surface area contributed by atoms with Crippen LogP contribution in [-0.4, -0.2) is 88.5 Å². The Kier molecular flexibility index (Phi) is 13.9. The monoisotopic (exact) mass is 644 g/mol. The summed E-state index contributed by atoms with van der Waals surface area (Å²) < 4.78 is 3.77. The van der Waals surface area contributed by atoms with Crippen molar-refractivity contribution in [3.63, 3.8) is 0 Å². The van der Waals surface area contributed by atoms with Crippen LogP contribution in [0.2, 0.25) is 0 Å². The zero-order chi connectivity index (χ0) is 30.3. The molecule has 1 saturated heterocycles. The molecule has 1 amide bonds. The van der Waals surface area contributed by atoms with E-state index in [1.165, 1.54) is 16.7 Å². The third-order valence-corrected chi connectivity index (χ3v) is 7.96. The number of benzene rings is 3. The van der Waals surface area contributed by atoms with Crippen LogP contribution in [0.3, 0.4) is 0 Å². The molecule has 232 valence electrons. The molecule has 0 aliphatic carbocycles. The zero-order valence-corrected chi connectivity index (χ0v) is 27.1. The summed E-state index contributed by atoms with van der Waals surface area (Å²) in [6, 6.07) is 31.8. The summed E-state index contributed by atoms with van der Waals surface area (Å²) in [5, 5.41) is 0. The number of ether oxygens (including phenoxy) is 1. The van der Waals surface area contributed by atoms with E-state index in [0.717, 1.165) is 71.7 Å². The first-order valence-corrected chi connectivity index (χ1v) is 16.2. The number of carbonyl (C=O) groups is 1. The largest absolute Gasteiger partial charge is 0.445 e. The van der Waals surface area contributed by atoms with Crippen LogP contribution >= 0.6 is 34.8 Å². The molecule has 0 bridgehead atoms. The van der Waals surface area contributed by atoms with Gasteiger partial charge in [0.1, 0.15) is 6.61 Å². The lowest BCUT2D eigenvalue weighted by Gasteiger charge is -2.32. The van der Waals surface area contributed by atoms with Crippen LogP contribution in [0.5, 0.6) is 0 Å². The molecular weight excluding hydrogens is 603 g/mol. The summed E-state index contributed by atoms with van der Waals surface area (Å²) in [6.45, 7) is 8.85. The molecule has 0 saturated carbocycles. The maximum atomic E-state index is 13.1. The molecule has 3 aromatic rings. The highest BCUT2D eigenvalue weighted by Gasteiger charge is 2.25. The van der Waals surface area contributed by atoms with Gasteiger partial charge in [0.25, 0.3) is 0 Å². The molecule has 4 rings (SSSR count). The number of hydrogen-bond donors (Lipinski definition) is 0. The van der Waals surface area contributed by atoms with E-state index < -0.39 is 9.89 Å². The number of carbonyl (C=O) groups excluding carboxylic acids is 1. The van der Waals surface area contributed by atoms with Gasteiger partial charge in [0, 0.05) is 58.9 Å². The lowest BCUT2D eigenvalue weighted by Crippen LogP contribution is -2.43. The number of hydrogen-bond acceptors (Lipinski definition) is 5. The normalized spacial score (nSPS) is 17.3. The van der Waals surface area contributed by atoms with E-state index in [4.69, 9.17) is 39.5 Å². The molecule has 1 heterocycles. The molecule has 0 radical (unpaired) electrons. The second-order valence-electron chi connectivity index (χ2n) is 11.1. The first-order valence-electron chi connectivity index (χ1n) is 15.1. The molecule has 43 heavy (non-hydrogen) atoms. The van der Waals surface area contributed by atoms with Crippen molar-refractivity contribution in [2.75, 3.05) is 59.0 Å². The van der Waals surface area contributed by atoms with Crippen molar-refractivity contribution in [2.45, 2.75) is 36.3 Å². The summed E-state index contributed by atoms with van der Waals surface area (Å²) in [4.78, 5) is 22.4. The second-order valence-corrected chi connectivity index (χ2v) is 13.7. The van der Waals surface area contributed by atoms with Gasteiger partial charge in [0.05, 0.1) is 0 Å². The highest BCUT2D eigenvalue weighted by molar-refractivity contribution is 6.67. The van der Waals surface area contributed by atoms with E-state index in [1.54, 1.807) is 4.90 Å². The van der Waals surface area contributed by atoms with Crippen molar-refractivity contribution >= 4 is 40.9 Å². The van der Waals surface area contributed by atoms with E-state index in [0.29, 0.717) is 13.1 Å². The quantitative estimate of drug-likeness (QED) is 0.257. The topological polar surface area (TPSA) is 39.3 Å². The number of rotatable bonds is 7. The van der Waals surface area contributed by atoms with Gasteiger partial charge < -0.3 is 9.64 Å². The zero-order valence-electron chi connectivity index (χ0n) is 24.8. The number of halogens is 3. The van der Waals surface area contributed by atoms with Gasteiger partial charge in [0.15, 0.2) is 0 Å². The molecule has 0 spiro atoms. The summed E-state index contributed by atoms with van der Waals surface area (Å²) in [5.41, 5.74) is 3.88. The van der Waals surface area contributed by atoms with Crippen LogP contribution in [0.4, 0.5) is 4.79 Å². The van der Waals surface area contributed by atoms with Gasteiger partial charge in [-0.15, -0.1) is 0 Å². The van der Waals surface area contributed by atoms with Gasteiger partial charge in [-0.25, -0.2) is 4.79 Å². The predicted molar refractivity (Wildman–Crippen MR) is 178 cm³/mol. The third kappa shape index (κ3) is 13.1. The lowest BCUT2D eigenvalue weighted by atomic mass is 10.1. The van der Waals surface area contributed by atoms with Gasteiger partial charge in [-0.05, 0) is 42.6 Å². The fraction of sp³-hybridized carbons (Fsp3) is 0.441. The van der Waals surface area contributed by atoms with Crippen LogP contribution < -0.4 is 0 Å². The minimum Gasteiger partial charge on any atom is -0.445 e. The van der Waals surface area contributed by atoms with Crippen molar-refractivity contribution in [3.05, 3.63) is 108 Å². The van der Waals surface area contributed by atoms with Crippen molar-refractivity contribution in [1.82, 2.24) is 19.6 Å². The van der Waals surface area contributed by atoms with Gasteiger partial charge in [-0.2, -0.15) is 0 Å². The fourth-order valence-corrected chi connectivity index (χ4v) is 5.58. The van der Waals surface area contributed by atoms with Crippen LogP contribution in [-0.2, 0) is 24.4 Å². The number of alkyl halides is 3. The highest BCUT2D eigenvalue weighted by atomic mass is 35.6. The van der Waals surface area contributed by atoms with Crippen LogP contribution in [0.15, 0.2) is 91.0 Å². The lowest BCUT2D eigenvalue weighted by molar-refractivity contribution is 0.0931. The molecular formula is C34H43Cl3N4O2. The third-order valence-electron chi connectivity index (χ3n) is 7.63. The summed E-state index contributed by atoms with van der Waals surface area (Å²) in [7, 11) is 0. The van der Waals surface area contributed by atoms with Gasteiger partial charge >= 0.3 is 6.09 Å². The first kappa shape index (κ1) is 33.6. The molecule has 3 aromatic carbocycles. The number of amides is 1. The Hall–Kier alpha value is -2.32. The Balaban J connectivity index is 1.50. The van der Waals surface area contributed by atoms with Gasteiger partial charge in [0.2, 0.25) is 3.79 Å². The number of nitrogens with zero attached hydrogens (tertiary/aromatic N) is 4. The van der Waals surface area contributed by atoms with Gasteiger partial charge in [-0.1, -0.05) is 126 Å². The minimum atomic E-state index is -1.64. The molecule has 0 N–H and O–H groups in total. The van der Waals surface area contributed by atoms with Crippen molar-refractivity contribution < 1.29 is 9.53 Å². The molecule has 6 nitrogen and oxygen atoms in total. The summed E-state index contributed by atoms with van der Waals surface area (Å²) >= 11 is 17.7. The van der Waals surface area contributed by atoms with E-state index in [1.807, 2.05) is 6.07 Å². The standard InChI is InChI=1S/C34H43Cl3N4O2/c35-34(36,37)29-43-33(42)41-21-11-20-39(27-31-14-6-2-7-15-31)23-22-38(26-30-12-4-1-5-13-30)18-10-19-40(24-25-41)28-32-16-8-3-9-17-32/h1-9,12-17H,10-11,18-29H2. The van der Waals surface area contributed by atoms with Crippen molar-refractivity contribution in [3.8, 4) is 0 Å². The maximum Gasteiger partial charge on any atom is 0.409 e. The van der Waals surface area contributed by atoms with Crippen LogP contribution in [0, 0.1) is 0 Å². The van der Waals surface area contributed by atoms with Crippen molar-refractivity contribution in [1.29, 1.82) is 0 Å². The molecule has 1 aliphatic heterocycles. The van der Waals surface area contributed by atoms with E-state index in [9.17, 15) is 4.79 Å². The predicted octanol–water partition coefficient (Wildman–Crippen LogP) is 7.10. The Labute approximate surface area is 272 Å². The Bertz CT molecular complexity index is 1200. The van der Waals surface area contributed by atoms with Crippen molar-refractivity contribution in [2.24, 2.45) is 0 Å². The van der Waals surface area contributed by atoms with Gasteiger partial charge in [-0.3, -0.25) is 14.7 Å². The van der Waals surface area contributed by atoms with Crippen LogP contribution in [0.1, 0.15) is 29.5 Å². The molecule has 0 aromatic heterocycles. The highest BCUT2D eigenvalue weighted by Crippen LogP contribution is 2.26. The smallest absolute Gasteiger partial charge is 0.409 e. The average molecular weight is 646 g/mol. The Morgan fingerprint density at radius 3 is 1.33 bits per heavy atom. The summed E-state index contributed by atoms with van der Waals surface area (Å²) in [5.74, 6) is 0. The minimum absolute atomic E-state index is 0.280. The SMILES string of the molecule is O=C(OCC(Cl)(Cl)Cl)N1CCCN(Cc2ccccc2)CCN(Cc2ccccc2)CCCN(Cc2ccccc2)CC1. The van der Waals surface area contributed by atoms with Crippen LogP contribution in [0.25, 0.3) is 0 Å². The van der Waals surface area contributed by atoms with E-state index >= 15 is 0 Å². The molecule has 1 fully saturated rings. The second kappa shape index (κ2) is 17.8. The Morgan fingerprint density at radius 1 is 0.558 bits per heavy atom. The maximum absolute atomic E-state index is 13.1. The molecule has 1 aliphatic rings. The molecule has 0 unspecified atom stereocenters. The molecule has 9 heteroatoms. The van der Waals surface area contributed by atoms with E-state index in [2.05, 4.69) is 99.6 Å². The fourth-order valence-electron chi connectivity index (χ4n) is 5.41. The summed E-state index contributed by atoms with van der Waals surface area (Å²) in [6.07, 6.45) is 1.39. The average Bonchev–Trinajstić information content (AvgIpc) is 3.00. The first-order chi connectivity index (χ1) is 20.8.